The fourth-order valence-electron chi connectivity index (χ4n) is 5.63. The average Bonchev–Trinajstić information content (AvgIpc) is 3.36. The number of fused-ring (bicyclic) bond motifs is 4. The van der Waals surface area contributed by atoms with Crippen LogP contribution in [0.5, 0.6) is 0 Å². The third kappa shape index (κ3) is 3.86. The van der Waals surface area contributed by atoms with Gasteiger partial charge in [0.25, 0.3) is 0 Å². The van der Waals surface area contributed by atoms with Crippen LogP contribution in [0.4, 0.5) is 20.2 Å². The topological polar surface area (TPSA) is 119 Å². The van der Waals surface area contributed by atoms with Crippen molar-refractivity contribution < 1.29 is 18.7 Å². The van der Waals surface area contributed by atoms with Gasteiger partial charge in [0.15, 0.2) is 11.6 Å². The van der Waals surface area contributed by atoms with E-state index in [4.69, 9.17) is 0 Å². The molecule has 0 bridgehead atoms. The van der Waals surface area contributed by atoms with Crippen LogP contribution in [0.25, 0.3) is 44.1 Å². The number of nitrogens with zero attached hydrogens (tertiary/aromatic N) is 5. The van der Waals surface area contributed by atoms with Crippen LogP contribution >= 0.6 is 0 Å². The van der Waals surface area contributed by atoms with Crippen LogP contribution in [0.1, 0.15) is 17.3 Å². The number of aromatic amines is 1. The number of aromatic nitrogens is 4. The highest BCUT2D eigenvalue weighted by Gasteiger charge is 2.27. The molecule has 5 heterocycles. The molecule has 0 saturated carbocycles. The van der Waals surface area contributed by atoms with Gasteiger partial charge in [-0.3, -0.25) is 4.79 Å². The van der Waals surface area contributed by atoms with Crippen molar-refractivity contribution in [2.24, 2.45) is 7.05 Å². The predicted molar refractivity (Wildman–Crippen MR) is 150 cm³/mol. The number of carboxylic acid groups (broad SMARTS) is 1. The lowest BCUT2D eigenvalue weighted by Gasteiger charge is -2.36. The molecule has 0 spiro atoms. The van der Waals surface area contributed by atoms with Gasteiger partial charge in [0.2, 0.25) is 5.43 Å². The first kappa shape index (κ1) is 25.7. The number of aromatic carboxylic acids is 1. The number of H-pyrrole nitrogens is 1. The predicted octanol–water partition coefficient (Wildman–Crippen LogP) is 3.79. The van der Waals surface area contributed by atoms with Crippen molar-refractivity contribution in [3.63, 3.8) is 0 Å². The fourth-order valence-corrected chi connectivity index (χ4v) is 5.63. The zero-order chi connectivity index (χ0) is 28.3. The Bertz CT molecular complexity index is 1890. The summed E-state index contributed by atoms with van der Waals surface area (Å²) in [5.41, 5.74) is 2.22. The van der Waals surface area contributed by atoms with Crippen LogP contribution in [-0.4, -0.2) is 75.3 Å². The number of carbonyl (C=O) groups is 1. The number of nitrogens with one attached hydrogen (secondary N) is 2. The van der Waals surface area contributed by atoms with Crippen LogP contribution in [0.15, 0.2) is 35.5 Å². The summed E-state index contributed by atoms with van der Waals surface area (Å²) in [4.78, 5) is 41.4. The molecular weight excluding hydrogens is 520 g/mol. The van der Waals surface area contributed by atoms with Gasteiger partial charge in [0.05, 0.1) is 33.1 Å². The molecule has 1 fully saturated rings. The molecule has 0 unspecified atom stereocenters. The number of rotatable bonds is 5. The highest BCUT2D eigenvalue weighted by atomic mass is 19.2. The van der Waals surface area contributed by atoms with Crippen molar-refractivity contribution >= 4 is 50.3 Å². The van der Waals surface area contributed by atoms with Crippen LogP contribution in [0, 0.1) is 11.6 Å². The summed E-state index contributed by atoms with van der Waals surface area (Å²) in [6.07, 6.45) is 4.46. The minimum atomic E-state index is -1.33. The molecule has 3 N–H and O–H groups in total. The summed E-state index contributed by atoms with van der Waals surface area (Å²) < 4.78 is 31.8. The highest BCUT2D eigenvalue weighted by molar-refractivity contribution is 6.18. The van der Waals surface area contributed by atoms with Gasteiger partial charge in [0.1, 0.15) is 16.9 Å². The number of piperazine rings is 1. The summed E-state index contributed by atoms with van der Waals surface area (Å²) in [5, 5.41) is 13.1. The van der Waals surface area contributed by atoms with Crippen LogP contribution in [0.2, 0.25) is 0 Å². The van der Waals surface area contributed by atoms with Gasteiger partial charge in [-0.05, 0) is 12.6 Å². The van der Waals surface area contributed by atoms with Crippen LogP contribution < -0.4 is 15.6 Å². The summed E-state index contributed by atoms with van der Waals surface area (Å²) in [6.45, 7) is 5.81. The molecule has 1 aromatic carbocycles. The van der Waals surface area contributed by atoms with Gasteiger partial charge in [-0.1, -0.05) is 6.92 Å². The lowest BCUT2D eigenvalue weighted by molar-refractivity contribution is 0.0695. The quantitative estimate of drug-likeness (QED) is 0.304. The van der Waals surface area contributed by atoms with E-state index in [9.17, 15) is 19.1 Å². The van der Waals surface area contributed by atoms with Crippen LogP contribution in [-0.2, 0) is 7.05 Å². The molecule has 12 heteroatoms. The Morgan fingerprint density at radius 2 is 1.88 bits per heavy atom. The molecule has 5 aromatic rings. The van der Waals surface area contributed by atoms with Crippen molar-refractivity contribution in [2.75, 3.05) is 50.0 Å². The average molecular weight is 548 g/mol. The number of hydrogen-bond donors (Lipinski definition) is 3. The summed E-state index contributed by atoms with van der Waals surface area (Å²) in [5.74, 6) is -3.30. The van der Waals surface area contributed by atoms with E-state index < -0.39 is 23.0 Å². The molecule has 0 amide bonds. The number of benzene rings is 1. The van der Waals surface area contributed by atoms with E-state index in [2.05, 4.69) is 37.0 Å². The Morgan fingerprint density at radius 3 is 2.55 bits per heavy atom. The molecular formula is C28H27F2N7O3. The molecule has 1 saturated heterocycles. The number of halogens is 2. The zero-order valence-electron chi connectivity index (χ0n) is 22.2. The van der Waals surface area contributed by atoms with E-state index in [-0.39, 0.29) is 16.3 Å². The Balaban J connectivity index is 1.68. The first-order valence-corrected chi connectivity index (χ1v) is 12.9. The van der Waals surface area contributed by atoms with Gasteiger partial charge in [-0.2, -0.15) is 0 Å². The van der Waals surface area contributed by atoms with E-state index in [1.165, 1.54) is 10.8 Å². The van der Waals surface area contributed by atoms with Crippen molar-refractivity contribution in [1.82, 2.24) is 24.4 Å². The second-order valence-electron chi connectivity index (χ2n) is 9.89. The number of anilines is 2. The largest absolute Gasteiger partial charge is 0.477 e. The van der Waals surface area contributed by atoms with E-state index >= 15 is 4.39 Å². The summed E-state index contributed by atoms with van der Waals surface area (Å²) in [7, 11) is 3.25. The van der Waals surface area contributed by atoms with Crippen molar-refractivity contribution in [3.8, 4) is 11.1 Å². The zero-order valence-corrected chi connectivity index (χ0v) is 22.2. The normalized spacial score (nSPS) is 14.5. The maximum Gasteiger partial charge on any atom is 0.341 e. The third-order valence-corrected chi connectivity index (χ3v) is 7.72. The number of aryl methyl sites for hydroxylation is 1. The number of pyridine rings is 3. The van der Waals surface area contributed by atoms with Gasteiger partial charge in [-0.25, -0.2) is 23.5 Å². The molecule has 1 aliphatic rings. The minimum absolute atomic E-state index is 0.0828. The van der Waals surface area contributed by atoms with Gasteiger partial charge in [-0.15, -0.1) is 0 Å². The van der Waals surface area contributed by atoms with Crippen molar-refractivity contribution in [2.45, 2.75) is 6.92 Å². The minimum Gasteiger partial charge on any atom is -0.477 e. The molecule has 40 heavy (non-hydrogen) atoms. The molecule has 4 aromatic heterocycles. The van der Waals surface area contributed by atoms with Gasteiger partial charge < -0.3 is 29.8 Å². The molecule has 0 aliphatic carbocycles. The van der Waals surface area contributed by atoms with Crippen molar-refractivity contribution in [3.05, 3.63) is 58.1 Å². The molecule has 1 aliphatic heterocycles. The summed E-state index contributed by atoms with van der Waals surface area (Å²) >= 11 is 0. The maximum atomic E-state index is 15.5. The number of likely N-dealkylation sites (N-methyl/N-ethyl adjacent to an activating group) is 1. The lowest BCUT2D eigenvalue weighted by Crippen LogP contribution is -2.46. The van der Waals surface area contributed by atoms with E-state index in [1.54, 1.807) is 32.6 Å². The Morgan fingerprint density at radius 1 is 1.12 bits per heavy atom. The second-order valence-corrected chi connectivity index (χ2v) is 9.89. The first-order valence-electron chi connectivity index (χ1n) is 12.9. The van der Waals surface area contributed by atoms with E-state index in [0.717, 1.165) is 25.7 Å². The molecule has 6 rings (SSSR count). The monoisotopic (exact) mass is 547 g/mol. The molecule has 10 nitrogen and oxygen atoms in total. The van der Waals surface area contributed by atoms with Crippen molar-refractivity contribution in [1.29, 1.82) is 0 Å². The lowest BCUT2D eigenvalue weighted by atomic mass is 10.0. The smallest absolute Gasteiger partial charge is 0.341 e. The number of carboxylic acids is 1. The molecule has 0 radical (unpaired) electrons. The van der Waals surface area contributed by atoms with E-state index in [0.29, 0.717) is 57.8 Å². The SMILES string of the molecule is CCN1CCN(c2c(-c3cnc4c(c3)c(=O)c(C(=O)O)cn4C)cnc3[nH]c4c(NC)cc(F)c(F)c4c23)CC1. The van der Waals surface area contributed by atoms with Gasteiger partial charge in [0, 0.05) is 76.1 Å². The maximum absolute atomic E-state index is 15.5. The third-order valence-electron chi connectivity index (χ3n) is 7.72. The fraction of sp³-hybridized carbons (Fsp3) is 0.286. The van der Waals surface area contributed by atoms with E-state index in [1.807, 2.05) is 0 Å². The van der Waals surface area contributed by atoms with Crippen LogP contribution in [0.3, 0.4) is 0 Å². The molecule has 206 valence electrons. The summed E-state index contributed by atoms with van der Waals surface area (Å²) in [6, 6.07) is 2.70. The first-order chi connectivity index (χ1) is 19.2. The Kier molecular flexibility index (Phi) is 6.14. The number of hydrogen-bond acceptors (Lipinski definition) is 7. The standard InChI is InChI=1S/C28H27F2N7O3/c1-4-36-5-7-37(8-6-36)24-16(14-9-15-25(38)17(28(39)40)13-35(3)27(15)33-11-14)12-32-26-21(24)20-22(30)18(29)10-19(31-2)23(20)34-26/h9-13,31H,4-8H2,1-3H3,(H,32,34)(H,39,40). The second kappa shape index (κ2) is 9.56. The highest BCUT2D eigenvalue weighted by Crippen LogP contribution is 2.43. The van der Waals surface area contributed by atoms with Gasteiger partial charge >= 0.3 is 5.97 Å². The Hall–Kier alpha value is -4.58. The Labute approximate surface area is 226 Å². The molecule has 0 atom stereocenters.